The lowest BCUT2D eigenvalue weighted by Gasteiger charge is -2.03. The maximum atomic E-state index is 10.2. The van der Waals surface area contributed by atoms with Crippen LogP contribution in [0.25, 0.3) is 0 Å². The van der Waals surface area contributed by atoms with Crippen molar-refractivity contribution in [2.75, 3.05) is 0 Å². The Bertz CT molecular complexity index is 389. The van der Waals surface area contributed by atoms with E-state index in [9.17, 15) is 4.79 Å². The van der Waals surface area contributed by atoms with Crippen LogP contribution in [0.5, 0.6) is 0 Å². The molecule has 0 saturated heterocycles. The Morgan fingerprint density at radius 3 is 2.80 bits per heavy atom. The second-order valence-corrected chi connectivity index (χ2v) is 2.82. The van der Waals surface area contributed by atoms with Gasteiger partial charge in [0, 0.05) is 12.4 Å². The van der Waals surface area contributed by atoms with E-state index in [0.717, 1.165) is 12.1 Å². The molecule has 0 atom stereocenters. The van der Waals surface area contributed by atoms with E-state index in [2.05, 4.69) is 15.1 Å². The predicted molar refractivity (Wildman–Crippen MR) is 54.8 cm³/mol. The number of hydrogen-bond donors (Lipinski definition) is 2. The lowest BCUT2D eigenvalue weighted by Crippen LogP contribution is -2.17. The summed E-state index contributed by atoms with van der Waals surface area (Å²) >= 11 is 0. The summed E-state index contributed by atoms with van der Waals surface area (Å²) in [4.78, 5) is 18.5. The van der Waals surface area contributed by atoms with E-state index in [-0.39, 0.29) is 0 Å². The first-order valence-corrected chi connectivity index (χ1v) is 4.48. The minimum Gasteiger partial charge on any atom is -0.464 e. The Labute approximate surface area is 87.1 Å². The van der Waals surface area contributed by atoms with Gasteiger partial charge in [0.05, 0.1) is 11.4 Å². The van der Waals surface area contributed by atoms with Crippen molar-refractivity contribution in [2.24, 2.45) is 5.10 Å². The number of hydrogen-bond acceptors (Lipinski definition) is 4. The summed E-state index contributed by atoms with van der Waals surface area (Å²) in [6.45, 7) is 3.63. The standard InChI is InChI=1S/C9H12N4O2/c1-3-7-8(11-5-4-10-7)6(2)12-13-9(14)15/h4-5,13H,3H2,1-2H3,(H,14,15)/b12-6-. The van der Waals surface area contributed by atoms with Gasteiger partial charge in [-0.3, -0.25) is 9.97 Å². The molecular weight excluding hydrogens is 196 g/mol. The average molecular weight is 208 g/mol. The van der Waals surface area contributed by atoms with Gasteiger partial charge in [0.15, 0.2) is 0 Å². The summed E-state index contributed by atoms with van der Waals surface area (Å²) in [6, 6.07) is 0. The minimum absolute atomic E-state index is 0.502. The van der Waals surface area contributed by atoms with Gasteiger partial charge in [0.25, 0.3) is 0 Å². The molecule has 0 spiro atoms. The number of aromatic nitrogens is 2. The number of carboxylic acid groups (broad SMARTS) is 1. The molecule has 0 unspecified atom stereocenters. The number of hydrazone groups is 1. The Morgan fingerprint density at radius 1 is 1.53 bits per heavy atom. The van der Waals surface area contributed by atoms with E-state index >= 15 is 0 Å². The fourth-order valence-electron chi connectivity index (χ4n) is 1.11. The van der Waals surface area contributed by atoms with Crippen molar-refractivity contribution < 1.29 is 9.90 Å². The van der Waals surface area contributed by atoms with Crippen molar-refractivity contribution in [1.82, 2.24) is 15.4 Å². The molecule has 2 N–H and O–H groups in total. The number of aryl methyl sites for hydroxylation is 1. The van der Waals surface area contributed by atoms with E-state index in [0.29, 0.717) is 11.4 Å². The zero-order valence-electron chi connectivity index (χ0n) is 8.56. The lowest BCUT2D eigenvalue weighted by atomic mass is 10.2. The molecular formula is C9H12N4O2. The third-order valence-corrected chi connectivity index (χ3v) is 1.77. The number of nitrogens with one attached hydrogen (secondary N) is 1. The van der Waals surface area contributed by atoms with Gasteiger partial charge >= 0.3 is 6.09 Å². The van der Waals surface area contributed by atoms with Crippen molar-refractivity contribution in [2.45, 2.75) is 20.3 Å². The van der Waals surface area contributed by atoms with Gasteiger partial charge in [-0.2, -0.15) is 5.10 Å². The van der Waals surface area contributed by atoms with E-state index in [4.69, 9.17) is 5.11 Å². The highest BCUT2D eigenvalue weighted by atomic mass is 16.4. The highest BCUT2D eigenvalue weighted by Gasteiger charge is 2.06. The highest BCUT2D eigenvalue weighted by molar-refractivity contribution is 5.98. The van der Waals surface area contributed by atoms with Crippen molar-refractivity contribution in [3.05, 3.63) is 23.8 Å². The van der Waals surface area contributed by atoms with Crippen molar-refractivity contribution >= 4 is 11.8 Å². The molecule has 0 aromatic carbocycles. The molecule has 1 aromatic heterocycles. The molecule has 0 radical (unpaired) electrons. The van der Waals surface area contributed by atoms with Crippen LogP contribution in [-0.4, -0.2) is 26.9 Å². The SMILES string of the molecule is CCc1nccnc1/C(C)=N\NC(=O)O. The van der Waals surface area contributed by atoms with E-state index < -0.39 is 6.09 Å². The van der Waals surface area contributed by atoms with Crippen LogP contribution in [0.1, 0.15) is 25.2 Å². The molecule has 0 saturated carbocycles. The average Bonchev–Trinajstić information content (AvgIpc) is 2.25. The van der Waals surface area contributed by atoms with Gasteiger partial charge in [-0.15, -0.1) is 0 Å². The van der Waals surface area contributed by atoms with Gasteiger partial charge in [-0.05, 0) is 13.3 Å². The Morgan fingerprint density at radius 2 is 2.20 bits per heavy atom. The Kier molecular flexibility index (Phi) is 3.73. The maximum absolute atomic E-state index is 10.2. The van der Waals surface area contributed by atoms with E-state index in [1.165, 1.54) is 0 Å². The first kappa shape index (κ1) is 11.1. The lowest BCUT2D eigenvalue weighted by molar-refractivity contribution is 0.195. The molecule has 15 heavy (non-hydrogen) atoms. The van der Waals surface area contributed by atoms with Crippen LogP contribution in [0.3, 0.4) is 0 Å². The number of nitrogens with zero attached hydrogens (tertiary/aromatic N) is 3. The van der Waals surface area contributed by atoms with Crippen molar-refractivity contribution in [3.63, 3.8) is 0 Å². The number of rotatable bonds is 3. The molecule has 0 aliphatic carbocycles. The van der Waals surface area contributed by atoms with Gasteiger partial charge in [-0.25, -0.2) is 10.2 Å². The van der Waals surface area contributed by atoms with Crippen LogP contribution < -0.4 is 5.43 Å². The fraction of sp³-hybridized carbons (Fsp3) is 0.333. The van der Waals surface area contributed by atoms with Crippen LogP contribution in [0, 0.1) is 0 Å². The third-order valence-electron chi connectivity index (χ3n) is 1.77. The normalized spacial score (nSPS) is 11.2. The van der Waals surface area contributed by atoms with Gasteiger partial charge in [-0.1, -0.05) is 6.92 Å². The van der Waals surface area contributed by atoms with E-state index in [1.807, 2.05) is 12.3 Å². The maximum Gasteiger partial charge on any atom is 0.425 e. The van der Waals surface area contributed by atoms with Gasteiger partial charge in [0.2, 0.25) is 0 Å². The fourth-order valence-corrected chi connectivity index (χ4v) is 1.11. The molecule has 0 fully saturated rings. The summed E-state index contributed by atoms with van der Waals surface area (Å²) in [5, 5.41) is 12.0. The zero-order valence-corrected chi connectivity index (χ0v) is 8.56. The van der Waals surface area contributed by atoms with Crippen LogP contribution in [0.2, 0.25) is 0 Å². The minimum atomic E-state index is -1.20. The molecule has 6 heteroatoms. The molecule has 0 bridgehead atoms. The molecule has 1 heterocycles. The van der Waals surface area contributed by atoms with Crippen LogP contribution in [-0.2, 0) is 6.42 Å². The largest absolute Gasteiger partial charge is 0.464 e. The van der Waals surface area contributed by atoms with Crippen molar-refractivity contribution in [1.29, 1.82) is 0 Å². The molecule has 0 aliphatic rings. The van der Waals surface area contributed by atoms with Gasteiger partial charge in [0.1, 0.15) is 5.69 Å². The quantitative estimate of drug-likeness (QED) is 0.573. The first-order valence-electron chi connectivity index (χ1n) is 4.48. The monoisotopic (exact) mass is 208 g/mol. The molecule has 6 nitrogen and oxygen atoms in total. The highest BCUT2D eigenvalue weighted by Crippen LogP contribution is 2.03. The summed E-state index contributed by atoms with van der Waals surface area (Å²) in [7, 11) is 0. The topological polar surface area (TPSA) is 87.5 Å². The molecule has 80 valence electrons. The second-order valence-electron chi connectivity index (χ2n) is 2.82. The molecule has 1 rings (SSSR count). The first-order chi connectivity index (χ1) is 7.15. The Balaban J connectivity index is 2.94. The van der Waals surface area contributed by atoms with Gasteiger partial charge < -0.3 is 5.11 Å². The Hall–Kier alpha value is -1.98. The van der Waals surface area contributed by atoms with Crippen LogP contribution in [0.4, 0.5) is 4.79 Å². The van der Waals surface area contributed by atoms with E-state index in [1.54, 1.807) is 19.3 Å². The number of carbonyl (C=O) groups is 1. The van der Waals surface area contributed by atoms with Crippen LogP contribution in [0.15, 0.2) is 17.5 Å². The van der Waals surface area contributed by atoms with Crippen molar-refractivity contribution in [3.8, 4) is 0 Å². The smallest absolute Gasteiger partial charge is 0.425 e. The summed E-state index contributed by atoms with van der Waals surface area (Å²) in [5.74, 6) is 0. The third kappa shape index (κ3) is 3.01. The zero-order chi connectivity index (χ0) is 11.3. The molecule has 1 aromatic rings. The molecule has 0 aliphatic heterocycles. The number of amides is 1. The van der Waals surface area contributed by atoms with Crippen LogP contribution >= 0.6 is 0 Å². The summed E-state index contributed by atoms with van der Waals surface area (Å²) < 4.78 is 0. The predicted octanol–water partition coefficient (Wildman–Crippen LogP) is 1.03. The second kappa shape index (κ2) is 5.04. The summed E-state index contributed by atoms with van der Waals surface area (Å²) in [5.41, 5.74) is 3.85. The summed E-state index contributed by atoms with van der Waals surface area (Å²) in [6.07, 6.45) is 2.67. The molecule has 1 amide bonds.